The van der Waals surface area contributed by atoms with E-state index in [-0.39, 0.29) is 487 Å². The number of hydrogen-bond acceptors (Lipinski definition) is 0. The van der Waals surface area contributed by atoms with E-state index in [0.717, 1.165) is 0 Å². The summed E-state index contributed by atoms with van der Waals surface area (Å²) in [5.74, 6) is 0. The molecule has 0 amide bonds. The Labute approximate surface area is 468 Å². The molecule has 0 saturated carbocycles. The molecule has 0 heterocycles. The van der Waals surface area contributed by atoms with Gasteiger partial charge in [0.25, 0.3) is 0 Å². The predicted octanol–water partition coefficient (Wildman–Crippen LogP) is 0. The maximum Gasteiger partial charge on any atom is 3.00 e. The van der Waals surface area contributed by atoms with Crippen molar-refractivity contribution in [1.29, 1.82) is 0 Å². The van der Waals surface area contributed by atoms with E-state index in [4.69, 9.17) is 0 Å². The van der Waals surface area contributed by atoms with Crippen molar-refractivity contribution in [1.82, 2.24) is 0 Å². The van der Waals surface area contributed by atoms with Crippen molar-refractivity contribution in [2.45, 2.75) is 0 Å². The largest absolute Gasteiger partial charge is 3.00 e. The third-order valence-corrected chi connectivity index (χ3v) is 0. The molecule has 0 rings (SSSR count). The quantitative estimate of drug-likeness (QED) is 0.301. The summed E-state index contributed by atoms with van der Waals surface area (Å²) in [5, 5.41) is 0. The SMILES string of the molecule is [Er+3].[Er+3].[Er+3].[Er+3].[Er+3].[Er+3].[Ho+3].[Ho+3].[Tb+3].[Tb+3].[Tm+3].[Tm+3].[Tm+3]. The molecule has 0 aliphatic carbocycles. The summed E-state index contributed by atoms with van der Waals surface area (Å²) in [5.41, 5.74) is 0. The molecule has 0 fully saturated rings. The Morgan fingerprint density at radius 1 is 0.308 bits per heavy atom. The van der Waals surface area contributed by atoms with E-state index >= 15 is 0 Å². The molecule has 13 heavy (non-hydrogen) atoms. The maximum absolute atomic E-state index is 0. The molecule has 0 spiro atoms. The number of rotatable bonds is 0. The van der Waals surface area contributed by atoms with Gasteiger partial charge in [-0.1, -0.05) is 0 Å². The summed E-state index contributed by atoms with van der Waals surface area (Å²) >= 11 is 0. The molecule has 0 aliphatic rings. The summed E-state index contributed by atoms with van der Waals surface area (Å²) in [6.45, 7) is 0. The van der Waals surface area contributed by atoms with Gasteiger partial charge in [0.2, 0.25) is 0 Å². The first-order chi connectivity index (χ1) is 0. The summed E-state index contributed by atoms with van der Waals surface area (Å²) in [6.07, 6.45) is 0. The first-order valence-electron chi connectivity index (χ1n) is 0. The topological polar surface area (TPSA) is 0 Å². The Kier molecular flexibility index (Phi) is 540. The number of hydrogen-bond donors (Lipinski definition) is 0. The van der Waals surface area contributed by atoms with Gasteiger partial charge in [-0.25, -0.2) is 0 Å². The van der Waals surface area contributed by atoms with Crippen molar-refractivity contribution in [2.24, 2.45) is 0 Å². The van der Waals surface area contributed by atoms with E-state index in [1.165, 1.54) is 0 Å². The van der Waals surface area contributed by atoms with E-state index in [9.17, 15) is 0 Å². The van der Waals surface area contributed by atoms with Gasteiger partial charge in [0.05, 0.1) is 0 Å². The van der Waals surface area contributed by atoms with Crippen LogP contribution < -0.4 is 0 Å². The van der Waals surface area contributed by atoms with Crippen LogP contribution in [0.1, 0.15) is 0 Å². The molecule has 0 saturated heterocycles. The van der Waals surface area contributed by atoms with E-state index in [1.54, 1.807) is 0 Å². The van der Waals surface area contributed by atoms with Crippen LogP contribution in [0.25, 0.3) is 0 Å². The molecule has 6 radical (unpaired) electrons. The van der Waals surface area contributed by atoms with E-state index in [0.29, 0.717) is 0 Å². The van der Waals surface area contributed by atoms with Crippen LogP contribution in [0.15, 0.2) is 0 Å². The zero-order valence-electron chi connectivity index (χ0n) is 3.83. The molecule has 0 aliphatic heterocycles. The Hall–Kier alpha value is 16.3. The van der Waals surface area contributed by atoms with Gasteiger partial charge in [-0.2, -0.15) is 0 Å². The van der Waals surface area contributed by atoms with Gasteiger partial charge < -0.3 is 0 Å². The van der Waals surface area contributed by atoms with Crippen LogP contribution in [-0.2, 0) is 0 Å². The third kappa shape index (κ3) is 73.7. The van der Waals surface area contributed by atoms with Gasteiger partial charge in [-0.05, 0) is 0 Å². The van der Waals surface area contributed by atoms with E-state index < -0.39 is 0 Å². The van der Waals surface area contributed by atoms with E-state index in [1.807, 2.05) is 0 Å². The molecule has 0 bridgehead atoms. The average molecular weight is 2160 g/mol. The molecule has 0 unspecified atom stereocenters. The summed E-state index contributed by atoms with van der Waals surface area (Å²) in [4.78, 5) is 0. The van der Waals surface area contributed by atoms with Crippen molar-refractivity contribution < 1.29 is 487 Å². The van der Waals surface area contributed by atoms with Crippen molar-refractivity contribution in [3.8, 4) is 0 Å². The molecule has 0 aromatic heterocycles. The molecule has 13 heteroatoms. The van der Waals surface area contributed by atoms with Crippen LogP contribution in [-0.4, -0.2) is 0 Å². The third-order valence-electron chi connectivity index (χ3n) is 0. The van der Waals surface area contributed by atoms with Gasteiger partial charge in [0.1, 0.15) is 0 Å². The molecule has 112 valence electrons. The molecule has 0 aromatic rings. The Morgan fingerprint density at radius 2 is 0.308 bits per heavy atom. The second kappa shape index (κ2) is 79.4. The second-order valence-corrected chi connectivity index (χ2v) is 0. The molecule has 0 aromatic carbocycles. The van der Waals surface area contributed by atoms with Gasteiger partial charge >= 0.3 is 487 Å². The smallest absolute Gasteiger partial charge is 3.00 e. The molecule has 0 nitrogen and oxygen atoms in total. The van der Waals surface area contributed by atoms with Crippen LogP contribution in [0, 0.1) is 487 Å². The normalized spacial score (nSPS) is 0. The summed E-state index contributed by atoms with van der Waals surface area (Å²) in [6, 6.07) is 0. The van der Waals surface area contributed by atoms with Gasteiger partial charge in [-0.15, -0.1) is 0 Å². The van der Waals surface area contributed by atoms with Crippen LogP contribution >= 0.6 is 0 Å². The average Bonchev–Trinajstić information content (AvgIpc) is 0. The minimum Gasteiger partial charge on any atom is 3.00 e. The summed E-state index contributed by atoms with van der Waals surface area (Å²) < 4.78 is 0. The fourth-order valence-electron chi connectivity index (χ4n) is 0. The van der Waals surface area contributed by atoms with Gasteiger partial charge in [0.15, 0.2) is 0 Å². The first kappa shape index (κ1) is 88.4. The second-order valence-electron chi connectivity index (χ2n) is 0. The minimum atomic E-state index is 0. The molecular formula is Er6Ho2Tb2Tm3+39. The van der Waals surface area contributed by atoms with Crippen molar-refractivity contribution in [2.75, 3.05) is 0 Å². The van der Waals surface area contributed by atoms with Crippen LogP contribution in [0.4, 0.5) is 0 Å². The fraction of sp³-hybridized carbons (Fsp3) is 0. The van der Waals surface area contributed by atoms with Crippen molar-refractivity contribution >= 4 is 0 Å². The van der Waals surface area contributed by atoms with Crippen molar-refractivity contribution in [3.63, 3.8) is 0 Å². The maximum atomic E-state index is 0. The van der Waals surface area contributed by atoms with Gasteiger partial charge in [0, 0.05) is 0 Å². The Balaban J connectivity index is 0. The molecule has 0 N–H and O–H groups in total. The zero-order chi connectivity index (χ0) is 0. The standard InChI is InChI=1S/6Er.2Ho.2Tb.3Tm/q13*+3. The Bertz CT molecular complexity index is 23.8. The van der Waals surface area contributed by atoms with Crippen molar-refractivity contribution in [3.05, 3.63) is 0 Å². The van der Waals surface area contributed by atoms with Crippen LogP contribution in [0.3, 0.4) is 0 Å². The van der Waals surface area contributed by atoms with Gasteiger partial charge in [-0.3, -0.25) is 0 Å². The Morgan fingerprint density at radius 3 is 0.308 bits per heavy atom. The van der Waals surface area contributed by atoms with Crippen LogP contribution in [0.2, 0.25) is 0 Å². The predicted molar refractivity (Wildman–Crippen MR) is 0 cm³/mol. The van der Waals surface area contributed by atoms with Crippen LogP contribution in [0.5, 0.6) is 0 Å². The summed E-state index contributed by atoms with van der Waals surface area (Å²) in [7, 11) is 0. The molecular weight excluding hydrogens is 2160 g/mol. The minimum absolute atomic E-state index is 0. The first-order valence-corrected chi connectivity index (χ1v) is 0. The zero-order valence-corrected chi connectivity index (χ0v) is 28.4. The van der Waals surface area contributed by atoms with E-state index in [2.05, 4.69) is 0 Å². The molecule has 0 atom stereocenters. The fourth-order valence-corrected chi connectivity index (χ4v) is 0. The monoisotopic (exact) mass is 2150 g/mol.